The predicted octanol–water partition coefficient (Wildman–Crippen LogP) is 3.82. The number of hydrogen-bond acceptors (Lipinski definition) is 8. The van der Waals surface area contributed by atoms with E-state index >= 15 is 0 Å². The maximum absolute atomic E-state index is 13.0. The van der Waals surface area contributed by atoms with Gasteiger partial charge in [0, 0.05) is 12.0 Å². The Morgan fingerprint density at radius 1 is 0.951 bits per heavy atom. The lowest BCUT2D eigenvalue weighted by molar-refractivity contribution is -0.136. The van der Waals surface area contributed by atoms with E-state index in [1.165, 1.54) is 23.5 Å². The quantitative estimate of drug-likeness (QED) is 0.310. The summed E-state index contributed by atoms with van der Waals surface area (Å²) in [5.74, 6) is -2.54. The molecular formula is C29H24N6O5S. The Balaban J connectivity index is 1.19. The van der Waals surface area contributed by atoms with E-state index in [9.17, 15) is 24.0 Å². The molecule has 4 aromatic rings. The third-order valence-corrected chi connectivity index (χ3v) is 8.34. The number of rotatable bonds is 5. The highest BCUT2D eigenvalue weighted by Crippen LogP contribution is 2.35. The molecule has 11 nitrogen and oxygen atoms in total. The minimum Gasteiger partial charge on any atom is -0.326 e. The molecular weight excluding hydrogens is 544 g/mol. The largest absolute Gasteiger partial charge is 0.326 e. The van der Waals surface area contributed by atoms with Crippen molar-refractivity contribution in [3.8, 4) is 11.1 Å². The van der Waals surface area contributed by atoms with E-state index in [1.807, 2.05) is 62.4 Å². The first-order valence-corrected chi connectivity index (χ1v) is 13.7. The number of nitrogens with zero attached hydrogens (tertiary/aromatic N) is 3. The number of thiazole rings is 1. The van der Waals surface area contributed by atoms with Crippen molar-refractivity contribution in [2.75, 3.05) is 5.32 Å². The smallest absolute Gasteiger partial charge is 0.321 e. The SMILES string of the molecule is CC(C)(NC(=O)Nc1ccc2c(n1)C(=O)N(C1CCC(=O)NC1=O)C2=O)c1nc2c(-c3ccccc3)cccc2s1. The van der Waals surface area contributed by atoms with Crippen molar-refractivity contribution in [3.63, 3.8) is 0 Å². The van der Waals surface area contributed by atoms with Crippen molar-refractivity contribution < 1.29 is 24.0 Å². The van der Waals surface area contributed by atoms with Gasteiger partial charge in [-0.15, -0.1) is 11.3 Å². The van der Waals surface area contributed by atoms with Crippen molar-refractivity contribution in [2.45, 2.75) is 38.3 Å². The maximum Gasteiger partial charge on any atom is 0.321 e. The predicted molar refractivity (Wildman–Crippen MR) is 151 cm³/mol. The van der Waals surface area contributed by atoms with Crippen LogP contribution in [0, 0.1) is 0 Å². The molecule has 2 aromatic heterocycles. The molecule has 0 aliphatic carbocycles. The van der Waals surface area contributed by atoms with Crippen LogP contribution in [0.5, 0.6) is 0 Å². The molecule has 1 fully saturated rings. The van der Waals surface area contributed by atoms with E-state index in [4.69, 9.17) is 4.98 Å². The van der Waals surface area contributed by atoms with Gasteiger partial charge in [0.1, 0.15) is 22.6 Å². The third kappa shape index (κ3) is 4.72. The zero-order valence-corrected chi connectivity index (χ0v) is 22.9. The number of benzene rings is 2. The standard InChI is InChI=1S/C29H24N6O5S/c1-29(2,27-33-22-16(9-6-10-19(22)41-27)15-7-4-3-5-8-15)34-28(40)31-20-13-11-17-23(30-20)26(39)35(25(17)38)18-12-14-21(36)32-24(18)37/h3-11,13,18H,12,14H2,1-2H3,(H,32,36,37)(H2,30,31,34,40). The Hall–Kier alpha value is -4.97. The molecule has 2 aromatic carbocycles. The molecule has 1 saturated heterocycles. The summed E-state index contributed by atoms with van der Waals surface area (Å²) >= 11 is 1.48. The topological polar surface area (TPSA) is 150 Å². The maximum atomic E-state index is 13.0. The zero-order valence-electron chi connectivity index (χ0n) is 22.1. The van der Waals surface area contributed by atoms with E-state index in [0.29, 0.717) is 5.01 Å². The molecule has 206 valence electrons. The number of urea groups is 1. The number of anilines is 1. The third-order valence-electron chi connectivity index (χ3n) is 6.99. The minimum absolute atomic E-state index is 0.0161. The number of pyridine rings is 1. The van der Waals surface area contributed by atoms with Gasteiger partial charge in [-0.25, -0.2) is 14.8 Å². The summed E-state index contributed by atoms with van der Waals surface area (Å²) in [7, 11) is 0. The van der Waals surface area contributed by atoms with Gasteiger partial charge < -0.3 is 5.32 Å². The number of carbonyl (C=O) groups excluding carboxylic acids is 5. The molecule has 41 heavy (non-hydrogen) atoms. The molecule has 1 unspecified atom stereocenters. The van der Waals surface area contributed by atoms with Gasteiger partial charge in [0.05, 0.1) is 21.3 Å². The first kappa shape index (κ1) is 26.3. The van der Waals surface area contributed by atoms with Crippen LogP contribution in [0.4, 0.5) is 10.6 Å². The normalized spacial score (nSPS) is 17.0. The van der Waals surface area contributed by atoms with Crippen LogP contribution >= 0.6 is 11.3 Å². The number of amides is 6. The average molecular weight is 569 g/mol. The number of piperidine rings is 1. The highest BCUT2D eigenvalue weighted by atomic mass is 32.1. The van der Waals surface area contributed by atoms with Crippen molar-refractivity contribution >= 4 is 57.0 Å². The zero-order chi connectivity index (χ0) is 28.9. The Morgan fingerprint density at radius 2 is 1.73 bits per heavy atom. The number of aromatic nitrogens is 2. The van der Waals surface area contributed by atoms with Crippen LogP contribution in [0.1, 0.15) is 52.5 Å². The Bertz CT molecular complexity index is 1770. The Kier molecular flexibility index (Phi) is 6.34. The summed E-state index contributed by atoms with van der Waals surface area (Å²) in [6, 6.07) is 17.1. The van der Waals surface area contributed by atoms with Crippen LogP contribution in [0.2, 0.25) is 0 Å². The molecule has 1 atom stereocenters. The molecule has 6 rings (SSSR count). The fourth-order valence-corrected chi connectivity index (χ4v) is 6.01. The van der Waals surface area contributed by atoms with Crippen LogP contribution in [0.3, 0.4) is 0 Å². The Morgan fingerprint density at radius 3 is 2.49 bits per heavy atom. The van der Waals surface area contributed by atoms with Gasteiger partial charge in [-0.05, 0) is 44.0 Å². The van der Waals surface area contributed by atoms with E-state index in [1.54, 1.807) is 0 Å². The van der Waals surface area contributed by atoms with Crippen LogP contribution in [0.15, 0.2) is 60.7 Å². The van der Waals surface area contributed by atoms with Crippen molar-refractivity contribution in [3.05, 3.63) is 76.9 Å². The van der Waals surface area contributed by atoms with Crippen molar-refractivity contribution in [1.29, 1.82) is 0 Å². The van der Waals surface area contributed by atoms with Crippen LogP contribution in [-0.2, 0) is 15.1 Å². The summed E-state index contributed by atoms with van der Waals surface area (Å²) in [5, 5.41) is 8.39. The van der Waals surface area contributed by atoms with Gasteiger partial charge in [0.2, 0.25) is 11.8 Å². The monoisotopic (exact) mass is 568 g/mol. The van der Waals surface area contributed by atoms with Crippen LogP contribution in [0.25, 0.3) is 21.3 Å². The molecule has 0 bridgehead atoms. The molecule has 12 heteroatoms. The first-order chi connectivity index (χ1) is 19.6. The molecule has 6 amide bonds. The molecule has 0 spiro atoms. The lowest BCUT2D eigenvalue weighted by Gasteiger charge is -2.27. The molecule has 2 aliphatic rings. The number of nitrogens with one attached hydrogen (secondary N) is 3. The summed E-state index contributed by atoms with van der Waals surface area (Å²) in [5.41, 5.74) is 1.89. The highest BCUT2D eigenvalue weighted by Gasteiger charge is 2.45. The van der Waals surface area contributed by atoms with Crippen LogP contribution < -0.4 is 16.0 Å². The minimum atomic E-state index is -1.10. The second-order valence-electron chi connectivity index (χ2n) is 10.3. The van der Waals surface area contributed by atoms with Gasteiger partial charge in [0.15, 0.2) is 0 Å². The lowest BCUT2D eigenvalue weighted by Crippen LogP contribution is -2.54. The van der Waals surface area contributed by atoms with E-state index in [-0.39, 0.29) is 29.9 Å². The molecule has 0 radical (unpaired) electrons. The van der Waals surface area contributed by atoms with Gasteiger partial charge >= 0.3 is 6.03 Å². The summed E-state index contributed by atoms with van der Waals surface area (Å²) in [4.78, 5) is 72.6. The lowest BCUT2D eigenvalue weighted by atomic mass is 10.0. The number of fused-ring (bicyclic) bond motifs is 2. The van der Waals surface area contributed by atoms with Gasteiger partial charge in [-0.2, -0.15) is 0 Å². The molecule has 3 N–H and O–H groups in total. The van der Waals surface area contributed by atoms with E-state index in [2.05, 4.69) is 20.9 Å². The van der Waals surface area contributed by atoms with Crippen molar-refractivity contribution in [2.24, 2.45) is 0 Å². The van der Waals surface area contributed by atoms with Crippen molar-refractivity contribution in [1.82, 2.24) is 25.5 Å². The number of imide groups is 2. The summed E-state index contributed by atoms with van der Waals surface area (Å²) in [6.45, 7) is 3.67. The fourth-order valence-electron chi connectivity index (χ4n) is 4.96. The molecule has 4 heterocycles. The number of carbonyl (C=O) groups is 5. The van der Waals surface area contributed by atoms with Gasteiger partial charge in [0.25, 0.3) is 11.8 Å². The number of para-hydroxylation sites is 1. The van der Waals surface area contributed by atoms with Gasteiger partial charge in [-0.3, -0.25) is 34.7 Å². The average Bonchev–Trinajstić information content (AvgIpc) is 3.49. The van der Waals surface area contributed by atoms with E-state index in [0.717, 1.165) is 26.2 Å². The van der Waals surface area contributed by atoms with Gasteiger partial charge in [-0.1, -0.05) is 42.5 Å². The van der Waals surface area contributed by atoms with E-state index < -0.39 is 41.2 Å². The Labute approximate surface area is 238 Å². The van der Waals surface area contributed by atoms with Crippen LogP contribution in [-0.4, -0.2) is 50.6 Å². The summed E-state index contributed by atoms with van der Waals surface area (Å²) in [6.07, 6.45) is 0.0551. The fraction of sp³-hybridized carbons (Fsp3) is 0.207. The molecule has 0 saturated carbocycles. The second kappa shape index (κ2) is 9.89. The molecule has 2 aliphatic heterocycles. The summed E-state index contributed by atoms with van der Waals surface area (Å²) < 4.78 is 0.987. The number of hydrogen-bond donors (Lipinski definition) is 3. The second-order valence-corrected chi connectivity index (χ2v) is 11.3. The highest BCUT2D eigenvalue weighted by molar-refractivity contribution is 7.18. The first-order valence-electron chi connectivity index (χ1n) is 12.9.